The zero-order valence-corrected chi connectivity index (χ0v) is 10.6. The van der Waals surface area contributed by atoms with Gasteiger partial charge in [-0.1, -0.05) is 0 Å². The number of carbonyl (C=O) groups is 1. The van der Waals surface area contributed by atoms with Crippen LogP contribution in [0.3, 0.4) is 0 Å². The second-order valence-electron chi connectivity index (χ2n) is 2.83. The van der Waals surface area contributed by atoms with Gasteiger partial charge in [0.1, 0.15) is 0 Å². The summed E-state index contributed by atoms with van der Waals surface area (Å²) < 4.78 is 32.2. The fraction of sp³-hybridized carbons (Fsp3) is 0.125. The van der Waals surface area contributed by atoms with Crippen LogP contribution in [0.25, 0.3) is 0 Å². The van der Waals surface area contributed by atoms with Gasteiger partial charge in [-0.15, -0.1) is 0 Å². The molecular formula is C8H7IO5S. The summed E-state index contributed by atoms with van der Waals surface area (Å²) in [6, 6.07) is 6.67. The molecular weight excluding hydrogens is 335 g/mol. The summed E-state index contributed by atoms with van der Waals surface area (Å²) in [5.41, 5.74) is 0.409. The molecule has 1 aromatic carbocycles. The summed E-state index contributed by atoms with van der Waals surface area (Å²) in [6.45, 7) is 0. The van der Waals surface area contributed by atoms with Crippen molar-refractivity contribution in [2.45, 2.75) is 0 Å². The van der Waals surface area contributed by atoms with E-state index < -0.39 is 36.7 Å². The molecule has 0 amide bonds. The van der Waals surface area contributed by atoms with E-state index in [1.807, 2.05) is 0 Å². The first kappa shape index (κ1) is 10.8. The molecule has 7 heteroatoms. The third-order valence-corrected chi connectivity index (χ3v) is 7.54. The minimum absolute atomic E-state index is 0.409. The van der Waals surface area contributed by atoms with Gasteiger partial charge in [0.15, 0.2) is 0 Å². The van der Waals surface area contributed by atoms with E-state index in [-0.39, 0.29) is 0 Å². The number of hydrogen-bond acceptors (Lipinski definition) is 5. The van der Waals surface area contributed by atoms with Gasteiger partial charge in [0.25, 0.3) is 0 Å². The van der Waals surface area contributed by atoms with Crippen molar-refractivity contribution in [1.29, 1.82) is 0 Å². The molecule has 82 valence electrons. The molecule has 0 atom stereocenters. The molecule has 0 unspecified atom stereocenters. The van der Waals surface area contributed by atoms with Crippen molar-refractivity contribution in [2.75, 3.05) is 6.26 Å². The SMILES string of the molecule is CS(=O)(=O)OI1OC(=O)c2ccccc21. The van der Waals surface area contributed by atoms with E-state index in [0.29, 0.717) is 9.13 Å². The van der Waals surface area contributed by atoms with Crippen molar-refractivity contribution in [3.8, 4) is 0 Å². The topological polar surface area (TPSA) is 69.7 Å². The summed E-state index contributed by atoms with van der Waals surface area (Å²) in [5.74, 6) is -0.501. The van der Waals surface area contributed by atoms with Gasteiger partial charge in [0.2, 0.25) is 0 Å². The van der Waals surface area contributed by atoms with E-state index in [9.17, 15) is 13.2 Å². The molecule has 1 aliphatic heterocycles. The molecule has 5 nitrogen and oxygen atoms in total. The number of benzene rings is 1. The Morgan fingerprint density at radius 2 is 2.00 bits per heavy atom. The van der Waals surface area contributed by atoms with Crippen molar-refractivity contribution >= 4 is 36.7 Å². The van der Waals surface area contributed by atoms with Crippen LogP contribution in [0, 0.1) is 3.57 Å². The van der Waals surface area contributed by atoms with Gasteiger partial charge in [0.05, 0.1) is 0 Å². The van der Waals surface area contributed by atoms with Crippen LogP contribution in [0.2, 0.25) is 0 Å². The zero-order valence-electron chi connectivity index (χ0n) is 7.64. The van der Waals surface area contributed by atoms with Crippen LogP contribution < -0.4 is 0 Å². The molecule has 0 saturated heterocycles. The third kappa shape index (κ3) is 2.29. The minimum atomic E-state index is -3.58. The Balaban J connectivity index is 2.37. The number of halogens is 1. The first-order valence-corrected chi connectivity index (χ1v) is 8.55. The van der Waals surface area contributed by atoms with Crippen LogP contribution in [0.4, 0.5) is 0 Å². The van der Waals surface area contributed by atoms with Crippen molar-refractivity contribution in [1.82, 2.24) is 0 Å². The molecule has 1 aliphatic rings. The van der Waals surface area contributed by atoms with Crippen LogP contribution in [-0.4, -0.2) is 20.6 Å². The Bertz CT molecular complexity index is 510. The van der Waals surface area contributed by atoms with Crippen molar-refractivity contribution in [3.05, 3.63) is 33.4 Å². The second-order valence-corrected chi connectivity index (χ2v) is 8.28. The fourth-order valence-electron chi connectivity index (χ4n) is 1.06. The average Bonchev–Trinajstić information content (AvgIpc) is 2.42. The van der Waals surface area contributed by atoms with E-state index in [0.717, 1.165) is 6.26 Å². The molecule has 0 fully saturated rings. The van der Waals surface area contributed by atoms with Crippen LogP contribution in [0.15, 0.2) is 24.3 Å². The Morgan fingerprint density at radius 3 is 2.67 bits per heavy atom. The summed E-state index contributed by atoms with van der Waals surface area (Å²) in [6.07, 6.45) is 0.944. The Morgan fingerprint density at radius 1 is 1.33 bits per heavy atom. The van der Waals surface area contributed by atoms with E-state index in [1.165, 1.54) is 0 Å². The molecule has 0 spiro atoms. The van der Waals surface area contributed by atoms with Gasteiger partial charge in [-0.3, -0.25) is 0 Å². The van der Waals surface area contributed by atoms with Crippen molar-refractivity contribution in [2.24, 2.45) is 0 Å². The molecule has 0 saturated carbocycles. The van der Waals surface area contributed by atoms with Gasteiger partial charge in [-0.25, -0.2) is 0 Å². The molecule has 0 aliphatic carbocycles. The van der Waals surface area contributed by atoms with Gasteiger partial charge < -0.3 is 0 Å². The monoisotopic (exact) mass is 342 g/mol. The third-order valence-electron chi connectivity index (χ3n) is 1.57. The van der Waals surface area contributed by atoms with E-state index in [2.05, 4.69) is 0 Å². The number of hydrogen-bond donors (Lipinski definition) is 0. The average molecular weight is 342 g/mol. The molecule has 1 heterocycles. The van der Waals surface area contributed by atoms with E-state index in [1.54, 1.807) is 24.3 Å². The van der Waals surface area contributed by atoms with Gasteiger partial charge in [-0.2, -0.15) is 0 Å². The van der Waals surface area contributed by atoms with Gasteiger partial charge in [-0.05, 0) is 0 Å². The quantitative estimate of drug-likeness (QED) is 0.759. The molecule has 0 bridgehead atoms. The Hall–Kier alpha value is -0.670. The maximum absolute atomic E-state index is 11.3. The Kier molecular flexibility index (Phi) is 2.69. The molecule has 2 rings (SSSR count). The first-order valence-electron chi connectivity index (χ1n) is 3.89. The van der Waals surface area contributed by atoms with Gasteiger partial charge >= 0.3 is 95.2 Å². The maximum atomic E-state index is 11.3. The second kappa shape index (κ2) is 3.72. The first-order chi connectivity index (χ1) is 6.97. The van der Waals surface area contributed by atoms with Crippen LogP contribution in [-0.2, 0) is 15.7 Å². The van der Waals surface area contributed by atoms with E-state index in [4.69, 9.17) is 5.58 Å². The molecule has 0 N–H and O–H groups in total. The van der Waals surface area contributed by atoms with E-state index >= 15 is 0 Å². The van der Waals surface area contributed by atoms with Crippen LogP contribution in [0.5, 0.6) is 0 Å². The zero-order chi connectivity index (χ0) is 11.1. The number of carbonyl (C=O) groups excluding carboxylic acids is 1. The van der Waals surface area contributed by atoms with Crippen molar-refractivity contribution < 1.29 is 18.8 Å². The molecule has 15 heavy (non-hydrogen) atoms. The number of rotatable bonds is 2. The summed E-state index contributed by atoms with van der Waals surface area (Å²) in [5, 5.41) is 0. The summed E-state index contributed by atoms with van der Waals surface area (Å²) >= 11 is -2.78. The van der Waals surface area contributed by atoms with Crippen LogP contribution in [0.1, 0.15) is 10.4 Å². The number of fused-ring (bicyclic) bond motifs is 1. The normalized spacial score (nSPS) is 17.4. The molecule has 0 aromatic heterocycles. The molecule has 0 radical (unpaired) electrons. The standard InChI is InChI=1S/C8H7IO5S/c1-15(11,12)14-9-7-5-3-2-4-6(7)8(10)13-9/h2-5H,1H3. The Labute approximate surface area is 95.0 Å². The molecule has 1 aromatic rings. The predicted molar refractivity (Wildman–Crippen MR) is 60.5 cm³/mol. The fourth-order valence-corrected chi connectivity index (χ4v) is 6.15. The van der Waals surface area contributed by atoms with Crippen molar-refractivity contribution in [3.63, 3.8) is 0 Å². The summed E-state index contributed by atoms with van der Waals surface area (Å²) in [4.78, 5) is 11.3. The van der Waals surface area contributed by atoms with Gasteiger partial charge in [0, 0.05) is 0 Å². The van der Waals surface area contributed by atoms with Crippen LogP contribution >= 0.6 is 20.6 Å². The predicted octanol–water partition coefficient (Wildman–Crippen LogP) is 1.34. The summed E-state index contributed by atoms with van der Waals surface area (Å²) in [7, 11) is -3.58.